The molecule has 0 radical (unpaired) electrons. The number of aliphatic carboxylic acids is 1. The van der Waals surface area contributed by atoms with Crippen molar-refractivity contribution in [1.29, 1.82) is 0 Å². The van der Waals surface area contributed by atoms with Crippen molar-refractivity contribution in [2.24, 2.45) is 11.8 Å². The number of aliphatic hydroxyl groups excluding tert-OH is 1. The van der Waals surface area contributed by atoms with Crippen LogP contribution in [-0.4, -0.2) is 28.6 Å². The quantitative estimate of drug-likeness (QED) is 0.707. The standard InChI is InChI=1S/C15H21NO4/c1-10(2)8-12(15(19)20)9-16-14(18)13(17)11-6-4-3-5-7-11/h3-7,10,12-13,17H,8-9H2,1-2H3,(H,16,18)(H,19,20). The fourth-order valence-electron chi connectivity index (χ4n) is 1.95. The molecule has 110 valence electrons. The minimum absolute atomic E-state index is 0.0240. The smallest absolute Gasteiger partial charge is 0.308 e. The van der Waals surface area contributed by atoms with Crippen molar-refractivity contribution in [2.45, 2.75) is 26.4 Å². The molecular weight excluding hydrogens is 258 g/mol. The molecule has 0 aliphatic rings. The van der Waals surface area contributed by atoms with Crippen molar-refractivity contribution < 1.29 is 19.8 Å². The number of amides is 1. The number of carboxylic acids is 1. The number of benzene rings is 1. The highest BCUT2D eigenvalue weighted by molar-refractivity contribution is 5.82. The van der Waals surface area contributed by atoms with Crippen molar-refractivity contribution in [2.75, 3.05) is 6.54 Å². The second kappa shape index (κ2) is 7.65. The Morgan fingerprint density at radius 2 is 1.80 bits per heavy atom. The maximum atomic E-state index is 11.8. The van der Waals surface area contributed by atoms with Crippen LogP contribution in [0.1, 0.15) is 31.9 Å². The van der Waals surface area contributed by atoms with Gasteiger partial charge < -0.3 is 15.5 Å². The van der Waals surface area contributed by atoms with E-state index in [0.29, 0.717) is 12.0 Å². The third-order valence-corrected chi connectivity index (χ3v) is 2.99. The molecule has 5 nitrogen and oxygen atoms in total. The van der Waals surface area contributed by atoms with E-state index in [0.717, 1.165) is 0 Å². The van der Waals surface area contributed by atoms with Gasteiger partial charge >= 0.3 is 5.97 Å². The highest BCUT2D eigenvalue weighted by Crippen LogP contribution is 2.14. The highest BCUT2D eigenvalue weighted by Gasteiger charge is 2.22. The molecule has 1 amide bonds. The van der Waals surface area contributed by atoms with Gasteiger partial charge in [0, 0.05) is 6.54 Å². The summed E-state index contributed by atoms with van der Waals surface area (Å²) in [6.45, 7) is 3.88. The van der Waals surface area contributed by atoms with Crippen LogP contribution < -0.4 is 5.32 Å². The maximum Gasteiger partial charge on any atom is 0.308 e. The minimum atomic E-state index is -1.27. The van der Waals surface area contributed by atoms with Crippen molar-refractivity contribution in [1.82, 2.24) is 5.32 Å². The molecule has 3 N–H and O–H groups in total. The van der Waals surface area contributed by atoms with Crippen molar-refractivity contribution in [3.8, 4) is 0 Å². The molecular formula is C15H21NO4. The summed E-state index contributed by atoms with van der Waals surface area (Å²) in [5.41, 5.74) is 0.487. The molecule has 0 saturated heterocycles. The van der Waals surface area contributed by atoms with Crippen LogP contribution in [0.4, 0.5) is 0 Å². The van der Waals surface area contributed by atoms with Gasteiger partial charge in [-0.05, 0) is 17.9 Å². The van der Waals surface area contributed by atoms with Crippen LogP contribution in [0, 0.1) is 11.8 Å². The minimum Gasteiger partial charge on any atom is -0.481 e. The van der Waals surface area contributed by atoms with E-state index in [9.17, 15) is 14.7 Å². The number of carbonyl (C=O) groups excluding carboxylic acids is 1. The number of aliphatic hydroxyl groups is 1. The maximum absolute atomic E-state index is 11.8. The van der Waals surface area contributed by atoms with Gasteiger partial charge in [0.05, 0.1) is 5.92 Å². The zero-order valence-electron chi connectivity index (χ0n) is 11.7. The van der Waals surface area contributed by atoms with E-state index in [1.807, 2.05) is 13.8 Å². The van der Waals surface area contributed by atoms with E-state index >= 15 is 0 Å². The Labute approximate surface area is 118 Å². The van der Waals surface area contributed by atoms with Crippen LogP contribution in [0.15, 0.2) is 30.3 Å². The molecule has 1 rings (SSSR count). The Hall–Kier alpha value is -1.88. The lowest BCUT2D eigenvalue weighted by Crippen LogP contribution is -2.36. The molecule has 0 aliphatic heterocycles. The first-order chi connectivity index (χ1) is 9.41. The monoisotopic (exact) mass is 279 g/mol. The average molecular weight is 279 g/mol. The van der Waals surface area contributed by atoms with E-state index in [1.165, 1.54) is 0 Å². The largest absolute Gasteiger partial charge is 0.481 e. The van der Waals surface area contributed by atoms with Gasteiger partial charge in [-0.2, -0.15) is 0 Å². The van der Waals surface area contributed by atoms with Gasteiger partial charge in [0.25, 0.3) is 5.91 Å². The number of carboxylic acid groups (broad SMARTS) is 1. The Balaban J connectivity index is 2.55. The van der Waals surface area contributed by atoms with Crippen molar-refractivity contribution in [3.05, 3.63) is 35.9 Å². The van der Waals surface area contributed by atoms with Gasteiger partial charge in [0.2, 0.25) is 0 Å². The van der Waals surface area contributed by atoms with E-state index in [2.05, 4.69) is 5.32 Å². The number of hydrogen-bond acceptors (Lipinski definition) is 3. The summed E-state index contributed by atoms with van der Waals surface area (Å²) in [4.78, 5) is 22.9. The first-order valence-electron chi connectivity index (χ1n) is 6.65. The molecule has 0 saturated carbocycles. The predicted octanol–water partition coefficient (Wildman–Crippen LogP) is 1.58. The fraction of sp³-hybridized carbons (Fsp3) is 0.467. The van der Waals surface area contributed by atoms with Gasteiger partial charge in [-0.15, -0.1) is 0 Å². The SMILES string of the molecule is CC(C)CC(CNC(=O)C(O)c1ccccc1)C(=O)O. The van der Waals surface area contributed by atoms with E-state index in [1.54, 1.807) is 30.3 Å². The van der Waals surface area contributed by atoms with Crippen LogP contribution in [-0.2, 0) is 9.59 Å². The molecule has 2 atom stereocenters. The summed E-state index contributed by atoms with van der Waals surface area (Å²) < 4.78 is 0. The summed E-state index contributed by atoms with van der Waals surface area (Å²) in [6.07, 6.45) is -0.790. The van der Waals surface area contributed by atoms with Gasteiger partial charge in [-0.25, -0.2) is 0 Å². The van der Waals surface area contributed by atoms with Gasteiger partial charge in [0.1, 0.15) is 0 Å². The molecule has 2 unspecified atom stereocenters. The summed E-state index contributed by atoms with van der Waals surface area (Å²) >= 11 is 0. The summed E-state index contributed by atoms with van der Waals surface area (Å²) in [5, 5.41) is 21.4. The Morgan fingerprint density at radius 3 is 2.30 bits per heavy atom. The van der Waals surface area contributed by atoms with Gasteiger partial charge in [0.15, 0.2) is 6.10 Å². The average Bonchev–Trinajstić information content (AvgIpc) is 2.42. The van der Waals surface area contributed by atoms with Crippen molar-refractivity contribution >= 4 is 11.9 Å². The zero-order valence-corrected chi connectivity index (χ0v) is 11.7. The normalized spacial score (nSPS) is 13.8. The molecule has 20 heavy (non-hydrogen) atoms. The van der Waals surface area contributed by atoms with E-state index in [4.69, 9.17) is 5.11 Å². The van der Waals surface area contributed by atoms with Crippen molar-refractivity contribution in [3.63, 3.8) is 0 Å². The lowest BCUT2D eigenvalue weighted by Gasteiger charge is -2.17. The molecule has 0 aromatic heterocycles. The first-order valence-corrected chi connectivity index (χ1v) is 6.65. The predicted molar refractivity (Wildman–Crippen MR) is 75.0 cm³/mol. The van der Waals surface area contributed by atoms with E-state index in [-0.39, 0.29) is 12.5 Å². The molecule has 1 aromatic rings. The van der Waals surface area contributed by atoms with Gasteiger partial charge in [-0.1, -0.05) is 44.2 Å². The lowest BCUT2D eigenvalue weighted by molar-refractivity contribution is -0.142. The van der Waals surface area contributed by atoms with E-state index < -0.39 is 23.9 Å². The number of rotatable bonds is 7. The van der Waals surface area contributed by atoms with Crippen LogP contribution in [0.5, 0.6) is 0 Å². The summed E-state index contributed by atoms with van der Waals surface area (Å²) in [7, 11) is 0. The molecule has 0 aliphatic carbocycles. The van der Waals surface area contributed by atoms with Crippen LogP contribution in [0.3, 0.4) is 0 Å². The van der Waals surface area contributed by atoms with Crippen LogP contribution in [0.2, 0.25) is 0 Å². The molecule has 1 aromatic carbocycles. The Morgan fingerprint density at radius 1 is 1.20 bits per heavy atom. The number of carbonyl (C=O) groups is 2. The molecule has 5 heteroatoms. The highest BCUT2D eigenvalue weighted by atomic mass is 16.4. The second-order valence-corrected chi connectivity index (χ2v) is 5.22. The molecule has 0 spiro atoms. The third kappa shape index (κ3) is 5.01. The summed E-state index contributed by atoms with van der Waals surface area (Å²) in [5.74, 6) is -1.92. The Bertz CT molecular complexity index is 444. The molecule has 0 heterocycles. The fourth-order valence-corrected chi connectivity index (χ4v) is 1.95. The molecule has 0 bridgehead atoms. The Kier molecular flexibility index (Phi) is 6.18. The number of nitrogens with one attached hydrogen (secondary N) is 1. The number of hydrogen-bond donors (Lipinski definition) is 3. The molecule has 0 fully saturated rings. The first kappa shape index (κ1) is 16.2. The summed E-state index contributed by atoms with van der Waals surface area (Å²) in [6, 6.07) is 8.53. The third-order valence-electron chi connectivity index (χ3n) is 2.99. The van der Waals surface area contributed by atoms with Crippen LogP contribution >= 0.6 is 0 Å². The van der Waals surface area contributed by atoms with Gasteiger partial charge in [-0.3, -0.25) is 9.59 Å². The second-order valence-electron chi connectivity index (χ2n) is 5.22. The zero-order chi connectivity index (χ0) is 15.1. The topological polar surface area (TPSA) is 86.6 Å². The van der Waals surface area contributed by atoms with Crippen LogP contribution in [0.25, 0.3) is 0 Å². The lowest BCUT2D eigenvalue weighted by atomic mass is 9.97.